The Balaban J connectivity index is 1.46. The van der Waals surface area contributed by atoms with Crippen LogP contribution in [-0.2, 0) is 35.8 Å². The highest BCUT2D eigenvalue weighted by Crippen LogP contribution is 2.38. The Morgan fingerprint density at radius 1 is 0.333 bits per heavy atom. The molecule has 0 saturated carbocycles. The lowest BCUT2D eigenvalue weighted by Crippen LogP contribution is -2.42. The molecule has 0 aromatic heterocycles. The number of hydrogen-bond donors (Lipinski definition) is 0. The summed E-state index contributed by atoms with van der Waals surface area (Å²) in [5.74, 6) is -1.70. The van der Waals surface area contributed by atoms with Gasteiger partial charge >= 0.3 is 0 Å². The first kappa shape index (κ1) is 32.2. The Hall–Kier alpha value is -5.74. The van der Waals surface area contributed by atoms with Crippen LogP contribution in [0.4, 0.5) is 0 Å². The van der Waals surface area contributed by atoms with E-state index >= 15 is 9.59 Å². The maximum Gasteiger partial charge on any atom is 0.231 e. The van der Waals surface area contributed by atoms with Gasteiger partial charge in [-0.05, 0) is 33.4 Å². The highest BCUT2D eigenvalue weighted by molar-refractivity contribution is 5.95. The first-order valence-corrected chi connectivity index (χ1v) is 16.5. The van der Waals surface area contributed by atoms with Crippen molar-refractivity contribution in [2.75, 3.05) is 0 Å². The Kier molecular flexibility index (Phi) is 10.9. The third kappa shape index (κ3) is 8.34. The highest BCUT2D eigenvalue weighted by atomic mass is 16.2. The topological polar surface area (TPSA) is 40.6 Å². The maximum atomic E-state index is 15.3. The molecule has 48 heavy (non-hydrogen) atoms. The molecule has 0 aliphatic carbocycles. The third-order valence-electron chi connectivity index (χ3n) is 8.67. The van der Waals surface area contributed by atoms with Crippen LogP contribution >= 0.6 is 0 Å². The van der Waals surface area contributed by atoms with Gasteiger partial charge in [0.25, 0.3) is 0 Å². The summed E-state index contributed by atoms with van der Waals surface area (Å²) in [6.45, 7) is 1.69. The second-order valence-electron chi connectivity index (χ2n) is 12.1. The Labute approximate surface area is 283 Å². The van der Waals surface area contributed by atoms with Crippen molar-refractivity contribution < 1.29 is 9.59 Å². The van der Waals surface area contributed by atoms with Crippen molar-refractivity contribution in [3.63, 3.8) is 0 Å². The average molecular weight is 629 g/mol. The average Bonchev–Trinajstić information content (AvgIpc) is 3.15. The third-order valence-corrected chi connectivity index (χ3v) is 8.67. The van der Waals surface area contributed by atoms with Crippen molar-refractivity contribution in [3.8, 4) is 0 Å². The summed E-state index contributed by atoms with van der Waals surface area (Å²) in [7, 11) is 0. The lowest BCUT2D eigenvalue weighted by Gasteiger charge is -2.35. The molecule has 2 amide bonds. The normalized spacial score (nSPS) is 12.1. The first-order chi connectivity index (χ1) is 23.7. The second-order valence-corrected chi connectivity index (χ2v) is 12.1. The van der Waals surface area contributed by atoms with Crippen LogP contribution in [0.2, 0.25) is 0 Å². The zero-order chi connectivity index (χ0) is 33.0. The largest absolute Gasteiger partial charge is 0.333 e. The quantitative estimate of drug-likeness (QED) is 0.128. The van der Waals surface area contributed by atoms with Gasteiger partial charge in [0.1, 0.15) is 0 Å². The lowest BCUT2D eigenvalue weighted by atomic mass is 9.79. The van der Waals surface area contributed by atoms with Crippen LogP contribution in [0.25, 0.3) is 0 Å². The van der Waals surface area contributed by atoms with E-state index < -0.39 is 11.8 Å². The fraction of sp³-hybridized carbons (Fsp3) is 0.136. The van der Waals surface area contributed by atoms with Gasteiger partial charge in [0.15, 0.2) is 0 Å². The molecule has 0 fully saturated rings. The van der Waals surface area contributed by atoms with E-state index in [-0.39, 0.29) is 11.8 Å². The minimum atomic E-state index is -0.762. The minimum absolute atomic E-state index is 0.0875. The van der Waals surface area contributed by atoms with Crippen molar-refractivity contribution in [2.45, 2.75) is 38.0 Å². The summed E-state index contributed by atoms with van der Waals surface area (Å²) in [4.78, 5) is 34.3. The molecule has 0 heterocycles. The number of amides is 2. The van der Waals surface area contributed by atoms with E-state index in [0.29, 0.717) is 26.2 Å². The van der Waals surface area contributed by atoms with E-state index in [1.54, 1.807) is 0 Å². The lowest BCUT2D eigenvalue weighted by molar-refractivity contribution is -0.141. The van der Waals surface area contributed by atoms with Crippen molar-refractivity contribution in [3.05, 3.63) is 215 Å². The van der Waals surface area contributed by atoms with Gasteiger partial charge < -0.3 is 9.80 Å². The number of benzene rings is 6. The summed E-state index contributed by atoms with van der Waals surface area (Å²) in [5.41, 5.74) is 5.76. The van der Waals surface area contributed by atoms with E-state index in [9.17, 15) is 0 Å². The Bertz CT molecular complexity index is 1630. The summed E-state index contributed by atoms with van der Waals surface area (Å²) in [6, 6.07) is 59.9. The smallest absolute Gasteiger partial charge is 0.231 e. The van der Waals surface area contributed by atoms with Crippen molar-refractivity contribution >= 4 is 11.8 Å². The molecule has 4 nitrogen and oxygen atoms in total. The van der Waals surface area contributed by atoms with Gasteiger partial charge in [-0.1, -0.05) is 182 Å². The van der Waals surface area contributed by atoms with E-state index in [4.69, 9.17) is 0 Å². The van der Waals surface area contributed by atoms with E-state index in [1.165, 1.54) is 0 Å². The summed E-state index contributed by atoms with van der Waals surface area (Å²) >= 11 is 0. The molecule has 0 aliphatic heterocycles. The molecule has 6 rings (SSSR count). The SMILES string of the molecule is O=C([C@@H](c1ccccc1)[C@@H](C(=O)N(Cc1ccccc1)Cc1ccccc1)c1ccccc1)N(Cc1ccccc1)Cc1ccccc1. The van der Waals surface area contributed by atoms with Gasteiger partial charge in [-0.25, -0.2) is 0 Å². The van der Waals surface area contributed by atoms with Gasteiger partial charge in [0.05, 0.1) is 11.8 Å². The van der Waals surface area contributed by atoms with Gasteiger partial charge in [-0.2, -0.15) is 0 Å². The highest BCUT2D eigenvalue weighted by Gasteiger charge is 2.40. The molecule has 238 valence electrons. The van der Waals surface area contributed by atoms with Crippen molar-refractivity contribution in [2.24, 2.45) is 0 Å². The fourth-order valence-electron chi connectivity index (χ4n) is 6.31. The monoisotopic (exact) mass is 628 g/mol. The number of rotatable bonds is 13. The van der Waals surface area contributed by atoms with Crippen molar-refractivity contribution in [1.29, 1.82) is 0 Å². The van der Waals surface area contributed by atoms with Gasteiger partial charge in [0, 0.05) is 26.2 Å². The van der Waals surface area contributed by atoms with Crippen LogP contribution in [0, 0.1) is 0 Å². The molecule has 4 heteroatoms. The molecule has 0 unspecified atom stereocenters. The maximum absolute atomic E-state index is 15.3. The molecule has 0 radical (unpaired) electrons. The van der Waals surface area contributed by atoms with Crippen LogP contribution < -0.4 is 0 Å². The molecule has 6 aromatic carbocycles. The predicted octanol–water partition coefficient (Wildman–Crippen LogP) is 9.01. The van der Waals surface area contributed by atoms with Gasteiger partial charge in [0.2, 0.25) is 11.8 Å². The molecule has 0 aliphatic rings. The standard InChI is InChI=1S/C44H40N2O2/c47-43(45(31-35-19-7-1-8-20-35)32-36-21-9-2-10-22-36)41(39-27-15-5-16-28-39)42(40-29-17-6-18-30-40)44(48)46(33-37-23-11-3-12-24-37)34-38-25-13-4-14-26-38/h1-30,41-42H,31-34H2/t41-,42-/m0/s1. The zero-order valence-electron chi connectivity index (χ0n) is 27.0. The summed E-state index contributed by atoms with van der Waals surface area (Å²) in [5, 5.41) is 0. The molecule has 2 atom stereocenters. The number of hydrogen-bond acceptors (Lipinski definition) is 2. The first-order valence-electron chi connectivity index (χ1n) is 16.5. The Morgan fingerprint density at radius 3 is 0.771 bits per heavy atom. The minimum Gasteiger partial charge on any atom is -0.333 e. The molecule has 0 bridgehead atoms. The van der Waals surface area contributed by atoms with Crippen LogP contribution in [0.5, 0.6) is 0 Å². The number of nitrogens with zero attached hydrogens (tertiary/aromatic N) is 2. The number of carbonyl (C=O) groups is 2. The van der Waals surface area contributed by atoms with E-state index in [2.05, 4.69) is 0 Å². The van der Waals surface area contributed by atoms with Crippen LogP contribution in [0.3, 0.4) is 0 Å². The molecule has 0 N–H and O–H groups in total. The second kappa shape index (κ2) is 16.2. The number of carbonyl (C=O) groups excluding carboxylic acids is 2. The summed E-state index contributed by atoms with van der Waals surface area (Å²) < 4.78 is 0. The zero-order valence-corrected chi connectivity index (χ0v) is 27.0. The molecular weight excluding hydrogens is 588 g/mol. The molecule has 0 spiro atoms. The van der Waals surface area contributed by atoms with Gasteiger partial charge in [-0.15, -0.1) is 0 Å². The molecule has 6 aromatic rings. The fourth-order valence-corrected chi connectivity index (χ4v) is 6.31. The predicted molar refractivity (Wildman–Crippen MR) is 193 cm³/mol. The Morgan fingerprint density at radius 2 is 0.542 bits per heavy atom. The molecule has 0 saturated heterocycles. The van der Waals surface area contributed by atoms with Crippen LogP contribution in [0.1, 0.15) is 45.2 Å². The van der Waals surface area contributed by atoms with E-state index in [0.717, 1.165) is 33.4 Å². The van der Waals surface area contributed by atoms with Crippen LogP contribution in [-0.4, -0.2) is 21.6 Å². The molecular formula is C44H40N2O2. The van der Waals surface area contributed by atoms with E-state index in [1.807, 2.05) is 192 Å². The van der Waals surface area contributed by atoms with Gasteiger partial charge in [-0.3, -0.25) is 9.59 Å². The summed E-state index contributed by atoms with van der Waals surface area (Å²) in [6.07, 6.45) is 0. The van der Waals surface area contributed by atoms with Crippen LogP contribution in [0.15, 0.2) is 182 Å². The van der Waals surface area contributed by atoms with Crippen molar-refractivity contribution in [1.82, 2.24) is 9.80 Å².